The highest BCUT2D eigenvalue weighted by atomic mass is 14.9. The van der Waals surface area contributed by atoms with Gasteiger partial charge in [-0.2, -0.15) is 0 Å². The van der Waals surface area contributed by atoms with Crippen LogP contribution in [0.15, 0.2) is 54.6 Å². The van der Waals surface area contributed by atoms with Gasteiger partial charge in [0.05, 0.1) is 11.0 Å². The van der Waals surface area contributed by atoms with Gasteiger partial charge in [0.1, 0.15) is 5.65 Å². The minimum Gasteiger partial charge on any atom is -0.353 e. The van der Waals surface area contributed by atoms with Gasteiger partial charge in [-0.15, -0.1) is 0 Å². The first-order chi connectivity index (χ1) is 9.90. The van der Waals surface area contributed by atoms with Gasteiger partial charge in [0.25, 0.3) is 0 Å². The normalized spacial score (nSPS) is 12.0. The highest BCUT2D eigenvalue weighted by Gasteiger charge is 2.10. The van der Waals surface area contributed by atoms with E-state index in [0.29, 0.717) is 0 Å². The van der Waals surface area contributed by atoms with Crippen molar-refractivity contribution in [2.75, 3.05) is 0 Å². The average Bonchev–Trinajstić information content (AvgIpc) is 3.02. The van der Waals surface area contributed by atoms with Gasteiger partial charge in [-0.05, 0) is 18.2 Å². The molecule has 0 saturated heterocycles. The maximum Gasteiger partial charge on any atom is 0.139 e. The summed E-state index contributed by atoms with van der Waals surface area (Å²) in [6, 6.07) is 18.8. The topological polar surface area (TPSA) is 44.5 Å². The van der Waals surface area contributed by atoms with E-state index in [4.69, 9.17) is 4.98 Å². The number of hydrogen-bond donors (Lipinski definition) is 2. The molecule has 2 N–H and O–H groups in total. The van der Waals surface area contributed by atoms with E-state index in [2.05, 4.69) is 46.4 Å². The van der Waals surface area contributed by atoms with E-state index in [0.717, 1.165) is 27.7 Å². The molecule has 0 atom stereocenters. The van der Waals surface area contributed by atoms with Crippen LogP contribution in [0.5, 0.6) is 0 Å². The Morgan fingerprint density at radius 1 is 0.650 bits per heavy atom. The molecule has 0 unspecified atom stereocenters. The molecule has 2 aromatic carbocycles. The van der Waals surface area contributed by atoms with Crippen LogP contribution < -0.4 is 0 Å². The van der Waals surface area contributed by atoms with Crippen LogP contribution in [0.3, 0.4) is 0 Å². The maximum absolute atomic E-state index is 4.82. The van der Waals surface area contributed by atoms with Crippen molar-refractivity contribution in [1.82, 2.24) is 15.0 Å². The fourth-order valence-electron chi connectivity index (χ4n) is 3.01. The molecule has 5 rings (SSSR count). The van der Waals surface area contributed by atoms with Gasteiger partial charge in [0.2, 0.25) is 0 Å². The molecule has 0 aliphatic heterocycles. The van der Waals surface area contributed by atoms with Gasteiger partial charge in [-0.25, -0.2) is 4.98 Å². The Labute approximate surface area is 114 Å². The number of rotatable bonds is 0. The zero-order chi connectivity index (χ0) is 13.1. The predicted octanol–water partition coefficient (Wildman–Crippen LogP) is 4.35. The van der Waals surface area contributed by atoms with Crippen LogP contribution in [0, 0.1) is 0 Å². The molecule has 0 bridgehead atoms. The quantitative estimate of drug-likeness (QED) is 0.425. The van der Waals surface area contributed by atoms with E-state index in [9.17, 15) is 0 Å². The number of fused-ring (bicyclic) bond motifs is 6. The first-order valence-corrected chi connectivity index (χ1v) is 6.68. The van der Waals surface area contributed by atoms with Crippen molar-refractivity contribution in [1.29, 1.82) is 0 Å². The van der Waals surface area contributed by atoms with Crippen molar-refractivity contribution in [2.45, 2.75) is 0 Å². The largest absolute Gasteiger partial charge is 0.353 e. The molecule has 0 radical (unpaired) electrons. The van der Waals surface area contributed by atoms with Crippen LogP contribution in [0.1, 0.15) is 0 Å². The fraction of sp³-hybridized carbons (Fsp3) is 0. The predicted molar refractivity (Wildman–Crippen MR) is 83.0 cm³/mol. The molecule has 3 heteroatoms. The summed E-state index contributed by atoms with van der Waals surface area (Å²) < 4.78 is 0. The third kappa shape index (κ3) is 1.17. The van der Waals surface area contributed by atoms with Gasteiger partial charge >= 0.3 is 0 Å². The monoisotopic (exact) mass is 257 g/mol. The summed E-state index contributed by atoms with van der Waals surface area (Å²) in [5, 5.41) is 3.55. The van der Waals surface area contributed by atoms with Crippen LogP contribution >= 0.6 is 0 Å². The van der Waals surface area contributed by atoms with Crippen molar-refractivity contribution in [2.24, 2.45) is 0 Å². The van der Waals surface area contributed by atoms with Crippen LogP contribution in [-0.4, -0.2) is 15.0 Å². The zero-order valence-electron chi connectivity index (χ0n) is 10.6. The van der Waals surface area contributed by atoms with E-state index >= 15 is 0 Å². The second-order valence-corrected chi connectivity index (χ2v) is 5.12. The number of pyridine rings is 1. The van der Waals surface area contributed by atoms with Crippen molar-refractivity contribution in [3.8, 4) is 0 Å². The minimum atomic E-state index is 0.948. The van der Waals surface area contributed by atoms with Gasteiger partial charge in [0.15, 0.2) is 0 Å². The summed E-state index contributed by atoms with van der Waals surface area (Å²) in [5.74, 6) is 0. The molecule has 5 aromatic rings. The minimum absolute atomic E-state index is 0.948. The average molecular weight is 257 g/mol. The Hall–Kier alpha value is -2.81. The number of aromatic amines is 2. The summed E-state index contributed by atoms with van der Waals surface area (Å²) >= 11 is 0. The number of hydrogen-bond acceptors (Lipinski definition) is 1. The molecule has 0 aliphatic rings. The Morgan fingerprint density at radius 3 is 2.20 bits per heavy atom. The molecule has 3 nitrogen and oxygen atoms in total. The molecule has 20 heavy (non-hydrogen) atoms. The highest BCUT2D eigenvalue weighted by molar-refractivity contribution is 6.13. The van der Waals surface area contributed by atoms with Gasteiger partial charge in [0, 0.05) is 27.2 Å². The van der Waals surface area contributed by atoms with Crippen molar-refractivity contribution in [3.05, 3.63) is 54.6 Å². The molecule has 0 saturated carbocycles. The highest BCUT2D eigenvalue weighted by Crippen LogP contribution is 2.30. The van der Waals surface area contributed by atoms with E-state index in [1.54, 1.807) is 0 Å². The summed E-state index contributed by atoms with van der Waals surface area (Å²) in [5.41, 5.74) is 5.32. The van der Waals surface area contributed by atoms with Gasteiger partial charge in [-0.1, -0.05) is 36.4 Å². The Morgan fingerprint density at radius 2 is 1.35 bits per heavy atom. The Bertz CT molecular complexity index is 1010. The van der Waals surface area contributed by atoms with E-state index in [1.165, 1.54) is 16.2 Å². The second-order valence-electron chi connectivity index (χ2n) is 5.12. The van der Waals surface area contributed by atoms with Crippen LogP contribution in [0.2, 0.25) is 0 Å². The number of aromatic nitrogens is 3. The second kappa shape index (κ2) is 3.39. The molecular weight excluding hydrogens is 246 g/mol. The van der Waals surface area contributed by atoms with Gasteiger partial charge < -0.3 is 9.97 Å². The first kappa shape index (κ1) is 10.0. The molecule has 3 heterocycles. The number of benzene rings is 2. The van der Waals surface area contributed by atoms with Crippen molar-refractivity contribution in [3.63, 3.8) is 0 Å². The lowest BCUT2D eigenvalue weighted by Crippen LogP contribution is -1.77. The number of H-pyrrole nitrogens is 2. The Balaban J connectivity index is 2.05. The zero-order valence-corrected chi connectivity index (χ0v) is 10.6. The van der Waals surface area contributed by atoms with Crippen LogP contribution in [0.25, 0.3) is 43.9 Å². The van der Waals surface area contributed by atoms with E-state index in [1.807, 2.05) is 18.2 Å². The van der Waals surface area contributed by atoms with E-state index < -0.39 is 0 Å². The van der Waals surface area contributed by atoms with Gasteiger partial charge in [-0.3, -0.25) is 0 Å². The summed E-state index contributed by atoms with van der Waals surface area (Å²) in [7, 11) is 0. The Kier molecular flexibility index (Phi) is 1.70. The summed E-state index contributed by atoms with van der Waals surface area (Å²) in [6.45, 7) is 0. The molecule has 94 valence electrons. The van der Waals surface area contributed by atoms with Crippen molar-refractivity contribution < 1.29 is 0 Å². The first-order valence-electron chi connectivity index (χ1n) is 6.68. The number of para-hydroxylation sites is 2. The third-order valence-electron chi connectivity index (χ3n) is 3.94. The molecule has 0 fully saturated rings. The SMILES string of the molecule is c1ccc2c(c1)[nH]c1nc3c(cc12)[nH]c1ccccc13. The fourth-order valence-corrected chi connectivity index (χ4v) is 3.01. The molecular formula is C17H11N3. The maximum atomic E-state index is 4.82. The summed E-state index contributed by atoms with van der Waals surface area (Å²) in [6.07, 6.45) is 0. The molecule has 0 amide bonds. The lowest BCUT2D eigenvalue weighted by molar-refractivity contribution is 1.41. The number of nitrogens with one attached hydrogen (secondary N) is 2. The third-order valence-corrected chi connectivity index (χ3v) is 3.94. The molecule has 0 aliphatic carbocycles. The molecule has 0 spiro atoms. The summed E-state index contributed by atoms with van der Waals surface area (Å²) in [4.78, 5) is 11.7. The molecule has 3 aromatic heterocycles. The van der Waals surface area contributed by atoms with Crippen LogP contribution in [-0.2, 0) is 0 Å². The number of nitrogens with zero attached hydrogens (tertiary/aromatic N) is 1. The smallest absolute Gasteiger partial charge is 0.139 e. The van der Waals surface area contributed by atoms with E-state index in [-0.39, 0.29) is 0 Å². The van der Waals surface area contributed by atoms with Crippen LogP contribution in [0.4, 0.5) is 0 Å². The lowest BCUT2D eigenvalue weighted by Gasteiger charge is -1.92. The standard InChI is InChI=1S/C17H11N3/c1-3-7-13-10(5-1)12-9-15-16(20-17(12)19-13)11-6-2-4-8-14(11)18-15/h1-9,18H,(H,19,20). The lowest BCUT2D eigenvalue weighted by atomic mass is 10.2. The van der Waals surface area contributed by atoms with Crippen molar-refractivity contribution >= 4 is 43.9 Å².